The molecule has 3 aromatic carbocycles. The van der Waals surface area contributed by atoms with Crippen molar-refractivity contribution in [1.82, 2.24) is 4.90 Å². The zero-order chi connectivity index (χ0) is 34.4. The number of likely N-dealkylation sites (tertiary alicyclic amines) is 1. The Kier molecular flexibility index (Phi) is 9.42. The molecule has 2 fully saturated rings. The summed E-state index contributed by atoms with van der Waals surface area (Å²) in [6, 6.07) is 19.0. The number of methoxy groups -OCH3 is 1. The lowest BCUT2D eigenvalue weighted by Crippen LogP contribution is -2.45. The first-order valence-electron chi connectivity index (χ1n) is 16.3. The van der Waals surface area contributed by atoms with E-state index in [1.54, 1.807) is 84.6 Å². The van der Waals surface area contributed by atoms with Crippen LogP contribution in [-0.2, 0) is 26.5 Å². The number of nitrogens with zero attached hydrogens (tertiary/aromatic N) is 2. The lowest BCUT2D eigenvalue weighted by Gasteiger charge is -2.31. The van der Waals surface area contributed by atoms with Crippen molar-refractivity contribution >= 4 is 49.1 Å². The fraction of sp³-hybridized carbons (Fsp3) is 0.417. The molecule has 6 rings (SSSR count). The molecule has 1 spiro atoms. The number of aliphatic hydroxyl groups is 1. The molecule has 3 aromatic rings. The van der Waals surface area contributed by atoms with Gasteiger partial charge in [0.15, 0.2) is 5.60 Å². The van der Waals surface area contributed by atoms with Gasteiger partial charge in [-0.2, -0.15) is 0 Å². The molecule has 12 heteroatoms. The normalized spacial score (nSPS) is 25.1. The minimum Gasteiger partial charge on any atom is -0.497 e. The minimum atomic E-state index is -3.48. The van der Waals surface area contributed by atoms with Crippen molar-refractivity contribution in [3.8, 4) is 5.75 Å². The van der Waals surface area contributed by atoms with E-state index < -0.39 is 31.6 Å². The van der Waals surface area contributed by atoms with Crippen LogP contribution in [0.1, 0.15) is 47.7 Å². The molecule has 3 aliphatic rings. The van der Waals surface area contributed by atoms with Gasteiger partial charge in [0.05, 0.1) is 44.5 Å². The first kappa shape index (κ1) is 34.1. The van der Waals surface area contributed by atoms with Gasteiger partial charge in [-0.25, -0.2) is 0 Å². The van der Waals surface area contributed by atoms with Crippen molar-refractivity contribution in [3.05, 3.63) is 88.4 Å². The molecule has 3 aliphatic heterocycles. The average molecular weight is 694 g/mol. The summed E-state index contributed by atoms with van der Waals surface area (Å²) in [5.74, 6) is -0.699. The number of rotatable bonds is 9. The topological polar surface area (TPSA) is 108 Å². The quantitative estimate of drug-likeness (QED) is 0.201. The number of halogens is 2. The number of hydrogen-bond acceptors (Lipinski definition) is 6. The molecule has 0 aromatic heterocycles. The van der Waals surface area contributed by atoms with Gasteiger partial charge in [-0.3, -0.25) is 14.4 Å². The van der Waals surface area contributed by atoms with Crippen molar-refractivity contribution < 1.29 is 33.1 Å². The summed E-state index contributed by atoms with van der Waals surface area (Å²) in [5, 5.41) is 13.1. The Balaban J connectivity index is 1.26. The number of carbonyl (C=O) groups is 3. The predicted molar refractivity (Wildman–Crippen MR) is 185 cm³/mol. The van der Waals surface area contributed by atoms with E-state index in [9.17, 15) is 19.5 Å². The predicted octanol–water partition coefficient (Wildman–Crippen LogP) is 6.30. The van der Waals surface area contributed by atoms with E-state index >= 15 is 4.11 Å². The molecule has 48 heavy (non-hydrogen) atoms. The van der Waals surface area contributed by atoms with Gasteiger partial charge in [-0.15, -0.1) is 0 Å². The number of fused-ring (bicyclic) bond motifs is 2. The molecule has 3 heterocycles. The van der Waals surface area contributed by atoms with E-state index in [1.165, 1.54) is 0 Å². The zero-order valence-corrected chi connectivity index (χ0v) is 29.3. The SMILES string of the molecule is COc1ccc(C(=O)Nc2ccc(CN3C(=O)[C@]4(O[C@H](CC(=O)N5CCC[C@H]5CO)[C@@H]([Si](C)(C)F)[C@@H]4C)c4cc(Cl)ccc43)cc2)cc1. The minimum absolute atomic E-state index is 0.0690. The van der Waals surface area contributed by atoms with Crippen LogP contribution in [0.3, 0.4) is 0 Å². The van der Waals surface area contributed by atoms with E-state index in [4.69, 9.17) is 21.1 Å². The number of nitrogens with one attached hydrogen (secondary N) is 1. The first-order valence-corrected chi connectivity index (χ1v) is 19.6. The second-order valence-electron chi connectivity index (χ2n) is 13.5. The van der Waals surface area contributed by atoms with Crippen molar-refractivity contribution in [1.29, 1.82) is 0 Å². The first-order chi connectivity index (χ1) is 22.9. The summed E-state index contributed by atoms with van der Waals surface area (Å²) in [4.78, 5) is 44.2. The second-order valence-corrected chi connectivity index (χ2v) is 17.7. The van der Waals surface area contributed by atoms with Crippen molar-refractivity contribution in [2.45, 2.75) is 69.1 Å². The van der Waals surface area contributed by atoms with E-state index in [0.717, 1.165) is 18.4 Å². The largest absolute Gasteiger partial charge is 0.497 e. The van der Waals surface area contributed by atoms with Crippen LogP contribution >= 0.6 is 11.6 Å². The van der Waals surface area contributed by atoms with Gasteiger partial charge in [0.2, 0.25) is 14.3 Å². The highest BCUT2D eigenvalue weighted by Gasteiger charge is 2.67. The maximum absolute atomic E-state index is 16.2. The van der Waals surface area contributed by atoms with Gasteiger partial charge in [0.1, 0.15) is 5.75 Å². The number of ether oxygens (including phenoxy) is 2. The van der Waals surface area contributed by atoms with Crippen LogP contribution in [0, 0.1) is 5.92 Å². The molecule has 2 saturated heterocycles. The lowest BCUT2D eigenvalue weighted by molar-refractivity contribution is -0.150. The molecule has 2 N–H and O–H groups in total. The van der Waals surface area contributed by atoms with E-state index in [-0.39, 0.29) is 43.3 Å². The molecular weight excluding hydrogens is 653 g/mol. The van der Waals surface area contributed by atoms with Crippen molar-refractivity contribution in [2.24, 2.45) is 5.92 Å². The molecule has 0 aliphatic carbocycles. The number of aliphatic hydroxyl groups excluding tert-OH is 1. The maximum atomic E-state index is 16.2. The van der Waals surface area contributed by atoms with E-state index in [2.05, 4.69) is 5.32 Å². The van der Waals surface area contributed by atoms with Crippen molar-refractivity contribution in [3.63, 3.8) is 0 Å². The van der Waals surface area contributed by atoms with E-state index in [1.807, 2.05) is 19.1 Å². The van der Waals surface area contributed by atoms with Gasteiger partial charge in [0.25, 0.3) is 11.8 Å². The second kappa shape index (κ2) is 13.3. The maximum Gasteiger partial charge on any atom is 0.264 e. The van der Waals surface area contributed by atoms with Gasteiger partial charge in [-0.05, 0) is 86.1 Å². The summed E-state index contributed by atoms with van der Waals surface area (Å²) in [6.45, 7) is 5.67. The van der Waals surface area contributed by atoms with Crippen LogP contribution in [0.5, 0.6) is 5.75 Å². The Labute approximate surface area is 286 Å². The molecule has 3 amide bonds. The summed E-state index contributed by atoms with van der Waals surface area (Å²) in [6.07, 6.45) is 0.630. The average Bonchev–Trinajstić information content (AvgIpc) is 3.72. The summed E-state index contributed by atoms with van der Waals surface area (Å²) >= 11 is 6.50. The van der Waals surface area contributed by atoms with Gasteiger partial charge in [0, 0.05) is 39.8 Å². The molecule has 9 nitrogen and oxygen atoms in total. The number of hydrogen-bond donors (Lipinski definition) is 2. The number of benzene rings is 3. The molecule has 0 radical (unpaired) electrons. The third kappa shape index (κ3) is 6.13. The summed E-state index contributed by atoms with van der Waals surface area (Å²) < 4.78 is 28.1. The molecule has 0 bridgehead atoms. The Morgan fingerprint density at radius 3 is 2.48 bits per heavy atom. The fourth-order valence-electron chi connectivity index (χ4n) is 7.84. The monoisotopic (exact) mass is 693 g/mol. The smallest absolute Gasteiger partial charge is 0.264 e. The molecular formula is C36H41ClFN3O6Si. The lowest BCUT2D eigenvalue weighted by atomic mass is 9.82. The zero-order valence-electron chi connectivity index (χ0n) is 27.5. The highest BCUT2D eigenvalue weighted by atomic mass is 35.5. The van der Waals surface area contributed by atoms with Crippen LogP contribution in [0.4, 0.5) is 15.5 Å². The molecule has 5 atom stereocenters. The third-order valence-corrected chi connectivity index (χ3v) is 12.8. The summed E-state index contributed by atoms with van der Waals surface area (Å²) in [5.41, 5.74) is 0.930. The van der Waals surface area contributed by atoms with Crippen LogP contribution in [0.2, 0.25) is 23.7 Å². The van der Waals surface area contributed by atoms with Crippen molar-refractivity contribution in [2.75, 3.05) is 30.5 Å². The highest BCUT2D eigenvalue weighted by Crippen LogP contribution is 2.60. The highest BCUT2D eigenvalue weighted by molar-refractivity contribution is 6.72. The number of carbonyl (C=O) groups excluding carboxylic acids is 3. The van der Waals surface area contributed by atoms with Crippen LogP contribution in [0.25, 0.3) is 0 Å². The van der Waals surface area contributed by atoms with Gasteiger partial charge < -0.3 is 33.8 Å². The Hall–Kier alpha value is -3.77. The number of anilines is 2. The Morgan fingerprint density at radius 1 is 1.12 bits per heavy atom. The molecule has 254 valence electrons. The Bertz CT molecular complexity index is 1700. The summed E-state index contributed by atoms with van der Waals surface area (Å²) in [7, 11) is -1.91. The van der Waals surface area contributed by atoms with Crippen LogP contribution < -0.4 is 15.0 Å². The fourth-order valence-corrected chi connectivity index (χ4v) is 10.5. The molecule has 0 saturated carbocycles. The van der Waals surface area contributed by atoms with Gasteiger partial charge >= 0.3 is 0 Å². The molecule has 0 unspecified atom stereocenters. The van der Waals surface area contributed by atoms with Crippen LogP contribution in [-0.4, -0.2) is 68.5 Å². The standard InChI is InChI=1S/C36H41ClFN3O6Si/c1-22-33(48(3,4)38)31(19-32(43)40-17-5-6-27(40)21-42)47-36(22)29-18-25(37)11-16-30(29)41(35(36)45)20-23-7-12-26(13-8-23)39-34(44)24-9-14-28(46-2)15-10-24/h7-16,18,22,27,31,33,42H,5-6,17,19-21H2,1-4H3,(H,39,44)/t22-,27-,31+,33-,36+/m0/s1. The Morgan fingerprint density at radius 2 is 1.83 bits per heavy atom. The van der Waals surface area contributed by atoms with Gasteiger partial charge in [-0.1, -0.05) is 30.7 Å². The number of amides is 3. The third-order valence-electron chi connectivity index (χ3n) is 10.1. The van der Waals surface area contributed by atoms with Crippen LogP contribution in [0.15, 0.2) is 66.7 Å². The van der Waals surface area contributed by atoms with E-state index in [0.29, 0.717) is 39.8 Å².